The molecule has 4 rings (SSSR count). The minimum atomic E-state index is -0.888. The third kappa shape index (κ3) is 8.22. The van der Waals surface area contributed by atoms with Gasteiger partial charge in [-0.05, 0) is 55.2 Å². The van der Waals surface area contributed by atoms with Crippen LogP contribution in [0.4, 0.5) is 5.69 Å². The van der Waals surface area contributed by atoms with Crippen molar-refractivity contribution in [3.63, 3.8) is 0 Å². The number of carbonyl (C=O) groups is 2. The van der Waals surface area contributed by atoms with Gasteiger partial charge >= 0.3 is 0 Å². The first-order valence-corrected chi connectivity index (χ1v) is 13.9. The van der Waals surface area contributed by atoms with Crippen LogP contribution >= 0.6 is 0 Å². The fourth-order valence-electron chi connectivity index (χ4n) is 4.92. The highest BCUT2D eigenvalue weighted by atomic mass is 16.5. The van der Waals surface area contributed by atoms with Gasteiger partial charge in [-0.2, -0.15) is 0 Å². The summed E-state index contributed by atoms with van der Waals surface area (Å²) in [5, 5.41) is 17.6. The van der Waals surface area contributed by atoms with Gasteiger partial charge in [0.25, 0.3) is 5.91 Å². The van der Waals surface area contributed by atoms with E-state index in [0.29, 0.717) is 61.0 Å². The summed E-state index contributed by atoms with van der Waals surface area (Å²) in [7, 11) is 3.20. The van der Waals surface area contributed by atoms with Gasteiger partial charge in [0.15, 0.2) is 0 Å². The van der Waals surface area contributed by atoms with Gasteiger partial charge < -0.3 is 34.9 Å². The first-order valence-electron chi connectivity index (χ1n) is 13.9. The Labute approximate surface area is 241 Å². The molecule has 1 fully saturated rings. The minimum absolute atomic E-state index is 0.0297. The number of carbonyl (C=O) groups excluding carboxylic acids is 2. The number of amides is 2. The summed E-state index contributed by atoms with van der Waals surface area (Å²) in [5.74, 6) is 1.56. The summed E-state index contributed by atoms with van der Waals surface area (Å²) in [6.45, 7) is 3.62. The van der Waals surface area contributed by atoms with Gasteiger partial charge in [0.1, 0.15) is 17.2 Å². The first-order chi connectivity index (χ1) is 19.9. The van der Waals surface area contributed by atoms with E-state index in [2.05, 4.69) is 10.6 Å². The maximum Gasteiger partial charge on any atom is 0.251 e. The van der Waals surface area contributed by atoms with E-state index in [9.17, 15) is 14.7 Å². The Morgan fingerprint density at radius 3 is 2.34 bits per heavy atom. The van der Waals surface area contributed by atoms with Gasteiger partial charge in [-0.25, -0.2) is 0 Å². The van der Waals surface area contributed by atoms with Crippen molar-refractivity contribution in [2.24, 2.45) is 0 Å². The van der Waals surface area contributed by atoms with Crippen molar-refractivity contribution >= 4 is 17.5 Å². The van der Waals surface area contributed by atoms with E-state index in [4.69, 9.17) is 14.2 Å². The maximum atomic E-state index is 13.6. The van der Waals surface area contributed by atoms with Crippen molar-refractivity contribution in [1.29, 1.82) is 0 Å². The zero-order valence-corrected chi connectivity index (χ0v) is 23.9. The van der Waals surface area contributed by atoms with Crippen molar-refractivity contribution in [3.8, 4) is 17.2 Å². The van der Waals surface area contributed by atoms with Crippen LogP contribution < -0.4 is 29.7 Å². The molecule has 0 aliphatic carbocycles. The molecule has 0 unspecified atom stereocenters. The number of benzene rings is 3. The molecule has 1 saturated heterocycles. The summed E-state index contributed by atoms with van der Waals surface area (Å²) in [4.78, 5) is 27.6. The van der Waals surface area contributed by atoms with Crippen LogP contribution in [-0.2, 0) is 17.8 Å². The van der Waals surface area contributed by atoms with E-state index in [1.54, 1.807) is 43.4 Å². The number of ether oxygens (including phenoxy) is 3. The molecule has 0 saturated carbocycles. The minimum Gasteiger partial charge on any atom is -0.497 e. The maximum absolute atomic E-state index is 13.6. The first kappa shape index (κ1) is 29.9. The predicted molar refractivity (Wildman–Crippen MR) is 158 cm³/mol. The van der Waals surface area contributed by atoms with Crippen LogP contribution in [0.15, 0.2) is 66.7 Å². The topological polar surface area (TPSA) is 109 Å². The molecule has 3 N–H and O–H groups in total. The SMILES string of the molecule is CCOc1cc(C(=O)N[C@@H](Cc2ccccc2)[C@H](O)CNCc2cc(OC)cc(OC)c2)cc(N2CCCC2=O)c1. The molecule has 3 aromatic rings. The Morgan fingerprint density at radius 1 is 0.976 bits per heavy atom. The number of aliphatic hydroxyl groups excluding tert-OH is 1. The second-order valence-corrected chi connectivity index (χ2v) is 9.99. The summed E-state index contributed by atoms with van der Waals surface area (Å²) in [6.07, 6.45) is 0.813. The van der Waals surface area contributed by atoms with Crippen LogP contribution in [0.5, 0.6) is 17.2 Å². The van der Waals surface area contributed by atoms with Crippen molar-refractivity contribution < 1.29 is 28.9 Å². The van der Waals surface area contributed by atoms with Gasteiger partial charge in [-0.15, -0.1) is 0 Å². The molecule has 1 aliphatic heterocycles. The third-order valence-electron chi connectivity index (χ3n) is 7.02. The number of hydrogen-bond acceptors (Lipinski definition) is 7. The fraction of sp³-hybridized carbons (Fsp3) is 0.375. The van der Waals surface area contributed by atoms with Crippen LogP contribution in [0.25, 0.3) is 0 Å². The monoisotopic (exact) mass is 561 g/mol. The van der Waals surface area contributed by atoms with Crippen molar-refractivity contribution in [2.45, 2.75) is 44.9 Å². The van der Waals surface area contributed by atoms with Gasteiger partial charge in [-0.3, -0.25) is 9.59 Å². The zero-order valence-electron chi connectivity index (χ0n) is 23.9. The molecule has 1 aliphatic rings. The molecule has 2 amide bonds. The zero-order chi connectivity index (χ0) is 29.2. The highest BCUT2D eigenvalue weighted by Crippen LogP contribution is 2.28. The number of aliphatic hydroxyl groups is 1. The number of nitrogens with zero attached hydrogens (tertiary/aromatic N) is 1. The Balaban J connectivity index is 1.50. The molecule has 0 bridgehead atoms. The molecule has 2 atom stereocenters. The van der Waals surface area contributed by atoms with Gasteiger partial charge in [0, 0.05) is 49.4 Å². The normalized spacial score (nSPS) is 14.4. The quantitative estimate of drug-likeness (QED) is 0.275. The molecule has 41 heavy (non-hydrogen) atoms. The third-order valence-corrected chi connectivity index (χ3v) is 7.02. The van der Waals surface area contributed by atoms with E-state index in [1.165, 1.54) is 0 Å². The number of methoxy groups -OCH3 is 2. The molecule has 0 aromatic heterocycles. The highest BCUT2D eigenvalue weighted by molar-refractivity contribution is 5.99. The Kier molecular flexibility index (Phi) is 10.6. The van der Waals surface area contributed by atoms with Gasteiger partial charge in [0.2, 0.25) is 5.91 Å². The largest absolute Gasteiger partial charge is 0.497 e. The van der Waals surface area contributed by atoms with Crippen molar-refractivity contribution in [2.75, 3.05) is 38.8 Å². The molecule has 9 heteroatoms. The number of anilines is 1. The number of rotatable bonds is 14. The molecule has 9 nitrogen and oxygen atoms in total. The Bertz CT molecular complexity index is 1290. The molecular formula is C32H39N3O6. The molecule has 0 spiro atoms. The lowest BCUT2D eigenvalue weighted by atomic mass is 10.00. The van der Waals surface area contributed by atoms with Crippen LogP contribution in [0.3, 0.4) is 0 Å². The molecular weight excluding hydrogens is 522 g/mol. The lowest BCUT2D eigenvalue weighted by Crippen LogP contribution is -2.48. The van der Waals surface area contributed by atoms with Crippen LogP contribution in [0.2, 0.25) is 0 Å². The van der Waals surface area contributed by atoms with E-state index in [-0.39, 0.29) is 18.4 Å². The smallest absolute Gasteiger partial charge is 0.251 e. The second-order valence-electron chi connectivity index (χ2n) is 9.99. The van der Waals surface area contributed by atoms with E-state index < -0.39 is 12.1 Å². The van der Waals surface area contributed by atoms with E-state index in [1.807, 2.05) is 49.4 Å². The lowest BCUT2D eigenvalue weighted by molar-refractivity contribution is -0.117. The summed E-state index contributed by atoms with van der Waals surface area (Å²) in [5.41, 5.74) is 2.93. The highest BCUT2D eigenvalue weighted by Gasteiger charge is 2.26. The summed E-state index contributed by atoms with van der Waals surface area (Å²) in [6, 6.07) is 19.9. The molecule has 3 aromatic carbocycles. The van der Waals surface area contributed by atoms with Crippen molar-refractivity contribution in [3.05, 3.63) is 83.4 Å². The van der Waals surface area contributed by atoms with E-state index >= 15 is 0 Å². The lowest BCUT2D eigenvalue weighted by Gasteiger charge is -2.25. The molecule has 218 valence electrons. The summed E-state index contributed by atoms with van der Waals surface area (Å²) < 4.78 is 16.4. The fourth-order valence-corrected chi connectivity index (χ4v) is 4.92. The summed E-state index contributed by atoms with van der Waals surface area (Å²) >= 11 is 0. The Hall–Kier alpha value is -4.08. The predicted octanol–water partition coefficient (Wildman–Crippen LogP) is 3.72. The second kappa shape index (κ2) is 14.5. The van der Waals surface area contributed by atoms with Crippen LogP contribution in [0, 0.1) is 0 Å². The average Bonchev–Trinajstić information content (AvgIpc) is 3.42. The van der Waals surface area contributed by atoms with E-state index in [0.717, 1.165) is 17.5 Å². The van der Waals surface area contributed by atoms with Crippen LogP contribution in [-0.4, -0.2) is 63.0 Å². The van der Waals surface area contributed by atoms with Crippen molar-refractivity contribution in [1.82, 2.24) is 10.6 Å². The standard InChI is InChI=1S/C32H39N3O6/c1-4-41-28-17-24(16-25(18-28)35-12-8-11-31(35)37)32(38)34-29(15-22-9-6-5-7-10-22)30(36)21-33-20-23-13-26(39-2)19-27(14-23)40-3/h5-7,9-10,13-14,16-19,29-30,33,36H,4,8,11-12,15,20-21H2,1-3H3,(H,34,38)/t29-,30+/m0/s1. The van der Waals surface area contributed by atoms with Gasteiger partial charge in [-0.1, -0.05) is 30.3 Å². The molecule has 0 radical (unpaired) electrons. The molecule has 1 heterocycles. The van der Waals surface area contributed by atoms with Gasteiger partial charge in [0.05, 0.1) is 33.0 Å². The Morgan fingerprint density at radius 2 is 1.71 bits per heavy atom. The average molecular weight is 562 g/mol. The number of hydrogen-bond donors (Lipinski definition) is 3. The van der Waals surface area contributed by atoms with Crippen LogP contribution in [0.1, 0.15) is 41.3 Å². The number of nitrogens with one attached hydrogen (secondary N) is 2.